The number of aromatic nitrogens is 1. The van der Waals surface area contributed by atoms with E-state index < -0.39 is 0 Å². The molecule has 86 valence electrons. The van der Waals surface area contributed by atoms with Gasteiger partial charge in [-0.05, 0) is 24.8 Å². The summed E-state index contributed by atoms with van der Waals surface area (Å²) in [5, 5.41) is 3.41. The first-order chi connectivity index (χ1) is 7.77. The Balaban J connectivity index is 2.00. The number of rotatable bonds is 4. The van der Waals surface area contributed by atoms with Gasteiger partial charge in [-0.1, -0.05) is 25.1 Å². The van der Waals surface area contributed by atoms with Crippen molar-refractivity contribution in [2.24, 2.45) is 11.7 Å². The molecule has 1 heterocycles. The van der Waals surface area contributed by atoms with Gasteiger partial charge < -0.3 is 11.1 Å². The van der Waals surface area contributed by atoms with Crippen LogP contribution in [0.4, 0.5) is 5.69 Å². The van der Waals surface area contributed by atoms with Gasteiger partial charge in [-0.3, -0.25) is 4.98 Å². The van der Waals surface area contributed by atoms with Gasteiger partial charge in [0.15, 0.2) is 0 Å². The van der Waals surface area contributed by atoms with Crippen LogP contribution >= 0.6 is 12.2 Å². The molecule has 0 radical (unpaired) electrons. The lowest BCUT2D eigenvalue weighted by Gasteiger charge is -2.14. The highest BCUT2D eigenvalue weighted by molar-refractivity contribution is 7.80. The summed E-state index contributed by atoms with van der Waals surface area (Å²) in [5.74, 6) is 0.791. The van der Waals surface area contributed by atoms with Crippen molar-refractivity contribution in [3.63, 3.8) is 0 Å². The number of thiocarbonyl (C=S) groups is 1. The SMILES string of the molecule is NC(=S)c1ccncc1NCC1CCCC1. The van der Waals surface area contributed by atoms with Crippen LogP contribution in [0.5, 0.6) is 0 Å². The molecule has 3 nitrogen and oxygen atoms in total. The standard InChI is InChI=1S/C12H17N3S/c13-12(16)10-5-6-14-8-11(10)15-7-9-3-1-2-4-9/h5-6,8-9,15H,1-4,7H2,(H2,13,16). The Labute approximate surface area is 101 Å². The lowest BCUT2D eigenvalue weighted by molar-refractivity contribution is 0.580. The van der Waals surface area contributed by atoms with Gasteiger partial charge in [-0.2, -0.15) is 0 Å². The molecule has 0 aliphatic heterocycles. The highest BCUT2D eigenvalue weighted by Gasteiger charge is 2.15. The van der Waals surface area contributed by atoms with Crippen LogP contribution in [-0.4, -0.2) is 16.5 Å². The molecule has 2 rings (SSSR count). The van der Waals surface area contributed by atoms with E-state index in [0.29, 0.717) is 4.99 Å². The van der Waals surface area contributed by atoms with Gasteiger partial charge in [-0.25, -0.2) is 0 Å². The number of anilines is 1. The molecule has 0 bridgehead atoms. The van der Waals surface area contributed by atoms with E-state index in [-0.39, 0.29) is 0 Å². The van der Waals surface area contributed by atoms with Gasteiger partial charge in [0.25, 0.3) is 0 Å². The zero-order valence-electron chi connectivity index (χ0n) is 9.28. The lowest BCUT2D eigenvalue weighted by atomic mass is 10.1. The fourth-order valence-corrected chi connectivity index (χ4v) is 2.40. The Hall–Kier alpha value is -1.16. The maximum absolute atomic E-state index is 5.66. The Morgan fingerprint density at radius 2 is 2.25 bits per heavy atom. The van der Waals surface area contributed by atoms with Crippen LogP contribution in [0.3, 0.4) is 0 Å². The van der Waals surface area contributed by atoms with Crippen molar-refractivity contribution in [3.8, 4) is 0 Å². The molecule has 1 aromatic heterocycles. The number of pyridine rings is 1. The first-order valence-electron chi connectivity index (χ1n) is 5.75. The smallest absolute Gasteiger partial charge is 0.106 e. The quantitative estimate of drug-likeness (QED) is 0.786. The summed E-state index contributed by atoms with van der Waals surface area (Å²) in [6.07, 6.45) is 8.90. The fourth-order valence-electron chi connectivity index (χ4n) is 2.22. The van der Waals surface area contributed by atoms with Crippen LogP contribution < -0.4 is 11.1 Å². The van der Waals surface area contributed by atoms with Gasteiger partial charge in [-0.15, -0.1) is 0 Å². The van der Waals surface area contributed by atoms with E-state index in [0.717, 1.165) is 23.7 Å². The maximum Gasteiger partial charge on any atom is 0.106 e. The second kappa shape index (κ2) is 5.25. The zero-order chi connectivity index (χ0) is 11.4. The van der Waals surface area contributed by atoms with E-state index in [2.05, 4.69) is 10.3 Å². The third-order valence-electron chi connectivity index (χ3n) is 3.14. The van der Waals surface area contributed by atoms with E-state index >= 15 is 0 Å². The normalized spacial score (nSPS) is 16.2. The molecule has 0 unspecified atom stereocenters. The van der Waals surface area contributed by atoms with Gasteiger partial charge in [0.05, 0.1) is 11.9 Å². The Morgan fingerprint density at radius 3 is 2.94 bits per heavy atom. The highest BCUT2D eigenvalue weighted by Crippen LogP contribution is 2.25. The van der Waals surface area contributed by atoms with Crippen LogP contribution in [0.15, 0.2) is 18.5 Å². The third kappa shape index (κ3) is 2.70. The minimum atomic E-state index is 0.427. The van der Waals surface area contributed by atoms with Gasteiger partial charge in [0.1, 0.15) is 4.99 Å². The van der Waals surface area contributed by atoms with Crippen LogP contribution in [0.2, 0.25) is 0 Å². The second-order valence-corrected chi connectivity index (χ2v) is 4.76. The van der Waals surface area contributed by atoms with E-state index in [1.165, 1.54) is 25.7 Å². The Kier molecular flexibility index (Phi) is 3.72. The minimum Gasteiger partial charge on any atom is -0.389 e. The number of nitrogens with two attached hydrogens (primary N) is 1. The first kappa shape index (κ1) is 11.3. The summed E-state index contributed by atoms with van der Waals surface area (Å²) >= 11 is 5.01. The summed E-state index contributed by atoms with van der Waals surface area (Å²) in [6.45, 7) is 1.00. The van der Waals surface area contributed by atoms with E-state index in [4.69, 9.17) is 18.0 Å². The van der Waals surface area contributed by atoms with Gasteiger partial charge >= 0.3 is 0 Å². The van der Waals surface area contributed by atoms with Crippen molar-refractivity contribution in [1.82, 2.24) is 4.98 Å². The first-order valence-corrected chi connectivity index (χ1v) is 6.16. The monoisotopic (exact) mass is 235 g/mol. The fraction of sp³-hybridized carbons (Fsp3) is 0.500. The van der Waals surface area contributed by atoms with Crippen molar-refractivity contribution in [1.29, 1.82) is 0 Å². The van der Waals surface area contributed by atoms with Crippen molar-refractivity contribution in [2.45, 2.75) is 25.7 Å². The van der Waals surface area contributed by atoms with Crippen molar-refractivity contribution in [3.05, 3.63) is 24.0 Å². The van der Waals surface area contributed by atoms with Crippen molar-refractivity contribution >= 4 is 22.9 Å². The van der Waals surface area contributed by atoms with E-state index in [1.54, 1.807) is 12.4 Å². The molecule has 0 spiro atoms. The molecule has 0 saturated heterocycles. The van der Waals surface area contributed by atoms with Crippen LogP contribution in [-0.2, 0) is 0 Å². The Bertz CT molecular complexity index is 372. The summed E-state index contributed by atoms with van der Waals surface area (Å²) in [7, 11) is 0. The van der Waals surface area contributed by atoms with E-state index in [9.17, 15) is 0 Å². The molecule has 3 N–H and O–H groups in total. The minimum absolute atomic E-state index is 0.427. The second-order valence-electron chi connectivity index (χ2n) is 4.32. The Morgan fingerprint density at radius 1 is 1.50 bits per heavy atom. The lowest BCUT2D eigenvalue weighted by Crippen LogP contribution is -2.16. The predicted octanol–water partition coefficient (Wildman–Crippen LogP) is 2.32. The van der Waals surface area contributed by atoms with Crippen LogP contribution in [0.25, 0.3) is 0 Å². The number of nitrogens with zero attached hydrogens (tertiary/aromatic N) is 1. The van der Waals surface area contributed by atoms with Crippen molar-refractivity contribution < 1.29 is 0 Å². The summed E-state index contributed by atoms with van der Waals surface area (Å²) in [4.78, 5) is 4.52. The molecular weight excluding hydrogens is 218 g/mol. The summed E-state index contributed by atoms with van der Waals surface area (Å²) in [6, 6.07) is 1.86. The zero-order valence-corrected chi connectivity index (χ0v) is 10.1. The molecule has 1 fully saturated rings. The molecule has 0 aromatic carbocycles. The van der Waals surface area contributed by atoms with Crippen molar-refractivity contribution in [2.75, 3.05) is 11.9 Å². The molecule has 0 atom stereocenters. The molecule has 1 aliphatic rings. The molecule has 1 aliphatic carbocycles. The largest absolute Gasteiger partial charge is 0.389 e. The summed E-state index contributed by atoms with van der Waals surface area (Å²) < 4.78 is 0. The molecule has 1 aromatic rings. The number of hydrogen-bond acceptors (Lipinski definition) is 3. The average molecular weight is 235 g/mol. The predicted molar refractivity (Wildman–Crippen MR) is 70.6 cm³/mol. The topological polar surface area (TPSA) is 50.9 Å². The molecule has 1 saturated carbocycles. The summed E-state index contributed by atoms with van der Waals surface area (Å²) in [5.41, 5.74) is 7.51. The highest BCUT2D eigenvalue weighted by atomic mass is 32.1. The van der Waals surface area contributed by atoms with Gasteiger partial charge in [0, 0.05) is 18.3 Å². The van der Waals surface area contributed by atoms with Gasteiger partial charge in [0.2, 0.25) is 0 Å². The number of hydrogen-bond donors (Lipinski definition) is 2. The maximum atomic E-state index is 5.66. The number of nitrogens with one attached hydrogen (secondary N) is 1. The molecule has 4 heteroatoms. The van der Waals surface area contributed by atoms with Crippen LogP contribution in [0, 0.1) is 5.92 Å². The molecule has 0 amide bonds. The molecule has 16 heavy (non-hydrogen) atoms. The molecular formula is C12H17N3S. The average Bonchev–Trinajstić information content (AvgIpc) is 2.79. The van der Waals surface area contributed by atoms with Crippen LogP contribution in [0.1, 0.15) is 31.2 Å². The third-order valence-corrected chi connectivity index (χ3v) is 3.36. The van der Waals surface area contributed by atoms with E-state index in [1.807, 2.05) is 6.07 Å².